The highest BCUT2D eigenvalue weighted by molar-refractivity contribution is 5.76. The summed E-state index contributed by atoms with van der Waals surface area (Å²) >= 11 is 0. The standard InChI is InChI=1S/C14H26N2O2/c1-16(13-7-4-5-11(13)10-15)14(17)9-12-6-2-3-8-18-12/h11-13H,2-10,15H2,1H3. The van der Waals surface area contributed by atoms with Crippen molar-refractivity contribution in [3.63, 3.8) is 0 Å². The molecule has 1 saturated heterocycles. The van der Waals surface area contributed by atoms with Gasteiger partial charge in [-0.25, -0.2) is 0 Å². The minimum Gasteiger partial charge on any atom is -0.378 e. The van der Waals surface area contributed by atoms with Crippen LogP contribution in [0.4, 0.5) is 0 Å². The van der Waals surface area contributed by atoms with Crippen LogP contribution in [0.3, 0.4) is 0 Å². The maximum atomic E-state index is 12.3. The zero-order valence-electron chi connectivity index (χ0n) is 11.4. The number of hydrogen-bond acceptors (Lipinski definition) is 3. The zero-order chi connectivity index (χ0) is 13.0. The third-order valence-electron chi connectivity index (χ3n) is 4.49. The Morgan fingerprint density at radius 3 is 2.78 bits per heavy atom. The Morgan fingerprint density at radius 2 is 2.11 bits per heavy atom. The van der Waals surface area contributed by atoms with Crippen molar-refractivity contribution in [1.29, 1.82) is 0 Å². The predicted octanol–water partition coefficient (Wildman–Crippen LogP) is 1.53. The van der Waals surface area contributed by atoms with E-state index in [2.05, 4.69) is 0 Å². The lowest BCUT2D eigenvalue weighted by Crippen LogP contribution is -2.43. The van der Waals surface area contributed by atoms with Gasteiger partial charge in [-0.15, -0.1) is 0 Å². The summed E-state index contributed by atoms with van der Waals surface area (Å²) in [7, 11) is 1.93. The number of carbonyl (C=O) groups excluding carboxylic acids is 1. The molecular weight excluding hydrogens is 228 g/mol. The topological polar surface area (TPSA) is 55.6 Å². The lowest BCUT2D eigenvalue weighted by atomic mass is 10.0. The summed E-state index contributed by atoms with van der Waals surface area (Å²) in [5.41, 5.74) is 5.78. The number of nitrogens with zero attached hydrogens (tertiary/aromatic N) is 1. The SMILES string of the molecule is CN(C(=O)CC1CCCCO1)C1CCCC1CN. The Kier molecular flexibility index (Phi) is 5.01. The lowest BCUT2D eigenvalue weighted by Gasteiger charge is -2.31. The predicted molar refractivity (Wildman–Crippen MR) is 71.2 cm³/mol. The van der Waals surface area contributed by atoms with E-state index in [1.807, 2.05) is 11.9 Å². The number of hydrogen-bond donors (Lipinski definition) is 1. The second-order valence-electron chi connectivity index (χ2n) is 5.69. The fraction of sp³-hybridized carbons (Fsp3) is 0.929. The quantitative estimate of drug-likeness (QED) is 0.828. The molecule has 0 bridgehead atoms. The summed E-state index contributed by atoms with van der Waals surface area (Å²) in [5, 5.41) is 0. The van der Waals surface area contributed by atoms with Gasteiger partial charge in [0.1, 0.15) is 0 Å². The monoisotopic (exact) mass is 254 g/mol. The molecule has 2 fully saturated rings. The van der Waals surface area contributed by atoms with Crippen molar-refractivity contribution in [3.05, 3.63) is 0 Å². The van der Waals surface area contributed by atoms with E-state index >= 15 is 0 Å². The van der Waals surface area contributed by atoms with Gasteiger partial charge in [0.25, 0.3) is 0 Å². The Hall–Kier alpha value is -0.610. The first-order valence-electron chi connectivity index (χ1n) is 7.29. The minimum absolute atomic E-state index is 0.145. The first kappa shape index (κ1) is 13.8. The van der Waals surface area contributed by atoms with Crippen LogP contribution in [0.15, 0.2) is 0 Å². The molecule has 0 spiro atoms. The molecule has 0 aromatic heterocycles. The number of rotatable bonds is 4. The van der Waals surface area contributed by atoms with E-state index in [9.17, 15) is 4.79 Å². The number of nitrogens with two attached hydrogens (primary N) is 1. The molecule has 2 N–H and O–H groups in total. The maximum Gasteiger partial charge on any atom is 0.225 e. The normalized spacial score (nSPS) is 32.4. The van der Waals surface area contributed by atoms with Crippen molar-refractivity contribution in [1.82, 2.24) is 4.90 Å². The molecule has 104 valence electrons. The van der Waals surface area contributed by atoms with Crippen LogP contribution < -0.4 is 5.73 Å². The van der Waals surface area contributed by atoms with E-state index in [0.29, 0.717) is 24.9 Å². The fourth-order valence-corrected chi connectivity index (χ4v) is 3.29. The van der Waals surface area contributed by atoms with Crippen LogP contribution in [0.2, 0.25) is 0 Å². The van der Waals surface area contributed by atoms with Crippen LogP contribution in [-0.4, -0.2) is 43.2 Å². The Bertz CT molecular complexity index is 277. The van der Waals surface area contributed by atoms with E-state index in [1.165, 1.54) is 19.3 Å². The van der Waals surface area contributed by atoms with E-state index < -0.39 is 0 Å². The second kappa shape index (κ2) is 6.53. The molecule has 3 atom stereocenters. The molecule has 0 aromatic rings. The first-order valence-corrected chi connectivity index (χ1v) is 7.29. The highest BCUT2D eigenvalue weighted by Crippen LogP contribution is 2.29. The van der Waals surface area contributed by atoms with Gasteiger partial charge in [0.05, 0.1) is 12.5 Å². The molecule has 2 rings (SSSR count). The largest absolute Gasteiger partial charge is 0.378 e. The van der Waals surface area contributed by atoms with E-state index in [1.54, 1.807) is 0 Å². The summed E-state index contributed by atoms with van der Waals surface area (Å²) in [6.07, 6.45) is 7.52. The fourth-order valence-electron chi connectivity index (χ4n) is 3.29. The molecule has 4 heteroatoms. The van der Waals surface area contributed by atoms with Crippen LogP contribution >= 0.6 is 0 Å². The molecule has 0 aromatic carbocycles. The van der Waals surface area contributed by atoms with Gasteiger partial charge in [-0.1, -0.05) is 6.42 Å². The summed E-state index contributed by atoms with van der Waals surface area (Å²) in [5.74, 6) is 0.721. The average Bonchev–Trinajstić information content (AvgIpc) is 2.87. The number of ether oxygens (including phenoxy) is 1. The highest BCUT2D eigenvalue weighted by Gasteiger charge is 2.32. The Labute approximate surface area is 110 Å². The summed E-state index contributed by atoms with van der Waals surface area (Å²) in [6, 6.07) is 0.353. The van der Waals surface area contributed by atoms with Crippen molar-refractivity contribution in [2.24, 2.45) is 11.7 Å². The van der Waals surface area contributed by atoms with E-state index in [0.717, 1.165) is 25.9 Å². The van der Waals surface area contributed by atoms with Gasteiger partial charge in [-0.2, -0.15) is 0 Å². The highest BCUT2D eigenvalue weighted by atomic mass is 16.5. The molecule has 1 aliphatic heterocycles. The third kappa shape index (κ3) is 3.23. The second-order valence-corrected chi connectivity index (χ2v) is 5.69. The van der Waals surface area contributed by atoms with Crippen LogP contribution in [0, 0.1) is 5.92 Å². The zero-order valence-corrected chi connectivity index (χ0v) is 11.4. The van der Waals surface area contributed by atoms with Crippen LogP contribution in [0.25, 0.3) is 0 Å². The molecular formula is C14H26N2O2. The van der Waals surface area contributed by atoms with Crippen molar-refractivity contribution in [2.75, 3.05) is 20.2 Å². The van der Waals surface area contributed by atoms with Gasteiger partial charge in [0.2, 0.25) is 5.91 Å². The van der Waals surface area contributed by atoms with Crippen molar-refractivity contribution in [3.8, 4) is 0 Å². The van der Waals surface area contributed by atoms with Gasteiger partial charge >= 0.3 is 0 Å². The average molecular weight is 254 g/mol. The first-order chi connectivity index (χ1) is 8.72. The molecule has 1 heterocycles. The summed E-state index contributed by atoms with van der Waals surface area (Å²) in [6.45, 7) is 1.51. The summed E-state index contributed by atoms with van der Waals surface area (Å²) < 4.78 is 5.64. The van der Waals surface area contributed by atoms with Gasteiger partial charge in [-0.05, 0) is 44.6 Å². The van der Waals surface area contributed by atoms with Crippen LogP contribution in [0.5, 0.6) is 0 Å². The molecule has 1 saturated carbocycles. The minimum atomic E-state index is 0.145. The Morgan fingerprint density at radius 1 is 1.28 bits per heavy atom. The summed E-state index contributed by atoms with van der Waals surface area (Å²) in [4.78, 5) is 14.2. The smallest absolute Gasteiger partial charge is 0.225 e. The number of carbonyl (C=O) groups is 1. The van der Waals surface area contributed by atoms with Gasteiger partial charge < -0.3 is 15.4 Å². The van der Waals surface area contributed by atoms with Crippen LogP contribution in [-0.2, 0) is 9.53 Å². The van der Waals surface area contributed by atoms with Crippen molar-refractivity contribution < 1.29 is 9.53 Å². The molecule has 1 amide bonds. The maximum absolute atomic E-state index is 12.3. The Balaban J connectivity index is 1.83. The van der Waals surface area contributed by atoms with E-state index in [4.69, 9.17) is 10.5 Å². The molecule has 4 nitrogen and oxygen atoms in total. The van der Waals surface area contributed by atoms with E-state index in [-0.39, 0.29) is 12.0 Å². The third-order valence-corrected chi connectivity index (χ3v) is 4.49. The number of amides is 1. The molecule has 2 aliphatic rings. The van der Waals surface area contributed by atoms with Gasteiger partial charge in [0.15, 0.2) is 0 Å². The van der Waals surface area contributed by atoms with Crippen molar-refractivity contribution >= 4 is 5.91 Å². The van der Waals surface area contributed by atoms with Gasteiger partial charge in [-0.3, -0.25) is 4.79 Å². The van der Waals surface area contributed by atoms with Crippen LogP contribution in [0.1, 0.15) is 44.9 Å². The molecule has 0 radical (unpaired) electrons. The van der Waals surface area contributed by atoms with Crippen molar-refractivity contribution in [2.45, 2.75) is 57.1 Å². The lowest BCUT2D eigenvalue weighted by molar-refractivity contribution is -0.136. The molecule has 18 heavy (non-hydrogen) atoms. The molecule has 3 unspecified atom stereocenters. The molecule has 1 aliphatic carbocycles. The van der Waals surface area contributed by atoms with Gasteiger partial charge in [0, 0.05) is 19.7 Å².